The topological polar surface area (TPSA) is 29.5 Å². The van der Waals surface area contributed by atoms with Gasteiger partial charge in [-0.05, 0) is 23.8 Å². The van der Waals surface area contributed by atoms with Crippen molar-refractivity contribution in [2.45, 2.75) is 5.92 Å². The largest absolute Gasteiger partial charge is 0.497 e. The number of ether oxygens (including phenoxy) is 1. The minimum Gasteiger partial charge on any atom is -0.497 e. The van der Waals surface area contributed by atoms with Gasteiger partial charge < -0.3 is 9.64 Å². The van der Waals surface area contributed by atoms with Crippen molar-refractivity contribution in [3.63, 3.8) is 0 Å². The van der Waals surface area contributed by atoms with E-state index in [9.17, 15) is 4.79 Å². The molecule has 0 N–H and O–H groups in total. The standard InChI is InChI=1S/C15H17NO2/c1-16(2)15-6-4-5-14(15)13-8-7-12(18-3)9-11(13)10-17/h4-10,14H,1-3H3. The van der Waals surface area contributed by atoms with Crippen LogP contribution in [0.25, 0.3) is 0 Å². The molecular weight excluding hydrogens is 226 g/mol. The average Bonchev–Trinajstić information content (AvgIpc) is 2.87. The minimum atomic E-state index is 0.145. The van der Waals surface area contributed by atoms with Gasteiger partial charge in [0.05, 0.1) is 7.11 Å². The molecule has 1 aromatic rings. The summed E-state index contributed by atoms with van der Waals surface area (Å²) in [5.74, 6) is 0.851. The molecule has 1 unspecified atom stereocenters. The van der Waals surface area contributed by atoms with Crippen LogP contribution in [0, 0.1) is 0 Å². The van der Waals surface area contributed by atoms with E-state index in [1.54, 1.807) is 13.2 Å². The highest BCUT2D eigenvalue weighted by molar-refractivity contribution is 5.79. The lowest BCUT2D eigenvalue weighted by atomic mass is 9.93. The molecule has 0 aromatic heterocycles. The second kappa shape index (κ2) is 5.08. The fourth-order valence-electron chi connectivity index (χ4n) is 2.22. The van der Waals surface area contributed by atoms with Gasteiger partial charge in [0.15, 0.2) is 0 Å². The SMILES string of the molecule is COc1ccc(C2C=CC=C2N(C)C)c(C=O)c1. The molecule has 94 valence electrons. The highest BCUT2D eigenvalue weighted by atomic mass is 16.5. The Hall–Kier alpha value is -2.03. The van der Waals surface area contributed by atoms with Crippen molar-refractivity contribution in [2.24, 2.45) is 0 Å². The fourth-order valence-corrected chi connectivity index (χ4v) is 2.22. The van der Waals surface area contributed by atoms with Crippen LogP contribution in [0.15, 0.2) is 42.1 Å². The van der Waals surface area contributed by atoms with Gasteiger partial charge in [-0.25, -0.2) is 0 Å². The lowest BCUT2D eigenvalue weighted by molar-refractivity contribution is 0.112. The van der Waals surface area contributed by atoms with Crippen molar-refractivity contribution < 1.29 is 9.53 Å². The van der Waals surface area contributed by atoms with E-state index in [0.29, 0.717) is 11.3 Å². The molecule has 2 rings (SSSR count). The molecule has 18 heavy (non-hydrogen) atoms. The number of carbonyl (C=O) groups excluding carboxylic acids is 1. The maximum atomic E-state index is 11.2. The van der Waals surface area contributed by atoms with Gasteiger partial charge in [0, 0.05) is 31.3 Å². The van der Waals surface area contributed by atoms with Crippen LogP contribution in [0.2, 0.25) is 0 Å². The molecule has 1 aromatic carbocycles. The van der Waals surface area contributed by atoms with Crippen molar-refractivity contribution in [1.29, 1.82) is 0 Å². The molecule has 0 aliphatic heterocycles. The number of carbonyl (C=O) groups is 1. The Morgan fingerprint density at radius 2 is 2.11 bits per heavy atom. The molecule has 0 saturated heterocycles. The summed E-state index contributed by atoms with van der Waals surface area (Å²) in [5, 5.41) is 0. The first-order valence-electron chi connectivity index (χ1n) is 5.86. The summed E-state index contributed by atoms with van der Waals surface area (Å²) in [6.07, 6.45) is 7.09. The van der Waals surface area contributed by atoms with Crippen LogP contribution in [0.4, 0.5) is 0 Å². The van der Waals surface area contributed by atoms with E-state index in [0.717, 1.165) is 11.8 Å². The fraction of sp³-hybridized carbons (Fsp3) is 0.267. The summed E-state index contributed by atoms with van der Waals surface area (Å²) in [5.41, 5.74) is 2.88. The van der Waals surface area contributed by atoms with E-state index in [4.69, 9.17) is 4.74 Å². The van der Waals surface area contributed by atoms with E-state index in [2.05, 4.69) is 17.1 Å². The predicted octanol–water partition coefficient (Wildman–Crippen LogP) is 2.61. The Kier molecular flexibility index (Phi) is 3.51. The number of hydrogen-bond donors (Lipinski definition) is 0. The molecule has 0 radical (unpaired) electrons. The highest BCUT2D eigenvalue weighted by Crippen LogP contribution is 2.34. The third kappa shape index (κ3) is 2.16. The molecule has 0 fully saturated rings. The van der Waals surface area contributed by atoms with E-state index in [1.165, 1.54) is 5.70 Å². The Bertz CT molecular complexity index is 515. The van der Waals surface area contributed by atoms with Crippen molar-refractivity contribution in [2.75, 3.05) is 21.2 Å². The van der Waals surface area contributed by atoms with Crippen LogP contribution < -0.4 is 4.74 Å². The molecule has 1 aliphatic carbocycles. The third-order valence-corrected chi connectivity index (χ3v) is 3.16. The smallest absolute Gasteiger partial charge is 0.150 e. The molecule has 0 heterocycles. The van der Waals surface area contributed by atoms with Crippen LogP contribution in [0.3, 0.4) is 0 Å². The van der Waals surface area contributed by atoms with Gasteiger partial charge in [0.2, 0.25) is 0 Å². The number of allylic oxidation sites excluding steroid dienone is 3. The number of hydrogen-bond acceptors (Lipinski definition) is 3. The second-order valence-electron chi connectivity index (χ2n) is 4.46. The first-order chi connectivity index (χ1) is 8.67. The van der Waals surface area contributed by atoms with Crippen LogP contribution in [0.1, 0.15) is 21.8 Å². The summed E-state index contributed by atoms with van der Waals surface area (Å²) < 4.78 is 5.15. The van der Waals surface area contributed by atoms with Crippen molar-refractivity contribution >= 4 is 6.29 Å². The van der Waals surface area contributed by atoms with Crippen LogP contribution in [-0.4, -0.2) is 32.4 Å². The Balaban J connectivity index is 2.42. The Labute approximate surface area is 107 Å². The quantitative estimate of drug-likeness (QED) is 0.761. The lowest BCUT2D eigenvalue weighted by Crippen LogP contribution is -2.16. The Morgan fingerprint density at radius 1 is 1.33 bits per heavy atom. The van der Waals surface area contributed by atoms with Gasteiger partial charge >= 0.3 is 0 Å². The van der Waals surface area contributed by atoms with E-state index >= 15 is 0 Å². The molecule has 0 bridgehead atoms. The summed E-state index contributed by atoms with van der Waals surface area (Å²) in [6, 6.07) is 5.63. The molecule has 1 atom stereocenters. The second-order valence-corrected chi connectivity index (χ2v) is 4.46. The van der Waals surface area contributed by atoms with Crippen molar-refractivity contribution in [1.82, 2.24) is 4.90 Å². The minimum absolute atomic E-state index is 0.145. The number of methoxy groups -OCH3 is 1. The number of likely N-dealkylation sites (N-methyl/N-ethyl adjacent to an activating group) is 1. The maximum absolute atomic E-state index is 11.2. The summed E-state index contributed by atoms with van der Waals surface area (Å²) in [7, 11) is 5.62. The molecule has 0 amide bonds. The first kappa shape index (κ1) is 12.4. The normalized spacial score (nSPS) is 17.5. The Morgan fingerprint density at radius 3 is 2.72 bits per heavy atom. The van der Waals surface area contributed by atoms with Crippen LogP contribution in [0.5, 0.6) is 5.75 Å². The van der Waals surface area contributed by atoms with Gasteiger partial charge in [-0.2, -0.15) is 0 Å². The van der Waals surface area contributed by atoms with Crippen molar-refractivity contribution in [3.05, 3.63) is 53.3 Å². The predicted molar refractivity (Wildman–Crippen MR) is 72.0 cm³/mol. The summed E-state index contributed by atoms with van der Waals surface area (Å²) in [6.45, 7) is 0. The molecule has 0 saturated carbocycles. The van der Waals surface area contributed by atoms with Gasteiger partial charge in [-0.3, -0.25) is 4.79 Å². The molecule has 3 heteroatoms. The zero-order valence-electron chi connectivity index (χ0n) is 10.9. The summed E-state index contributed by atoms with van der Waals surface area (Å²) in [4.78, 5) is 13.3. The number of rotatable bonds is 4. The molecule has 3 nitrogen and oxygen atoms in total. The molecule has 0 spiro atoms. The molecule has 1 aliphatic rings. The summed E-state index contributed by atoms with van der Waals surface area (Å²) >= 11 is 0. The number of nitrogens with zero attached hydrogens (tertiary/aromatic N) is 1. The first-order valence-corrected chi connectivity index (χ1v) is 5.86. The third-order valence-electron chi connectivity index (χ3n) is 3.16. The van der Waals surface area contributed by atoms with Crippen molar-refractivity contribution in [3.8, 4) is 5.75 Å². The van der Waals surface area contributed by atoms with E-state index in [1.807, 2.05) is 32.3 Å². The number of aldehydes is 1. The average molecular weight is 243 g/mol. The highest BCUT2D eigenvalue weighted by Gasteiger charge is 2.21. The van der Waals surface area contributed by atoms with E-state index in [-0.39, 0.29) is 5.92 Å². The van der Waals surface area contributed by atoms with Gasteiger partial charge in [0.1, 0.15) is 12.0 Å². The maximum Gasteiger partial charge on any atom is 0.150 e. The monoisotopic (exact) mass is 243 g/mol. The lowest BCUT2D eigenvalue weighted by Gasteiger charge is -2.23. The van der Waals surface area contributed by atoms with Gasteiger partial charge in [-0.1, -0.05) is 18.2 Å². The van der Waals surface area contributed by atoms with Crippen LogP contribution >= 0.6 is 0 Å². The van der Waals surface area contributed by atoms with E-state index < -0.39 is 0 Å². The van der Waals surface area contributed by atoms with Gasteiger partial charge in [0.25, 0.3) is 0 Å². The van der Waals surface area contributed by atoms with Crippen LogP contribution in [-0.2, 0) is 0 Å². The number of benzene rings is 1. The zero-order chi connectivity index (χ0) is 13.1. The van der Waals surface area contributed by atoms with Gasteiger partial charge in [-0.15, -0.1) is 0 Å². The zero-order valence-corrected chi connectivity index (χ0v) is 10.9. The molecular formula is C15H17NO2.